The number of benzene rings is 2. The number of phenols is 4. The van der Waals surface area contributed by atoms with Crippen molar-refractivity contribution in [2.24, 2.45) is 0 Å². The highest BCUT2D eigenvalue weighted by Crippen LogP contribution is 2.23. The second-order valence-corrected chi connectivity index (χ2v) is 4.28. The van der Waals surface area contributed by atoms with Gasteiger partial charge in [0.25, 0.3) is 0 Å². The van der Waals surface area contributed by atoms with E-state index in [0.29, 0.717) is 11.1 Å². The lowest BCUT2D eigenvalue weighted by Crippen LogP contribution is -2.08. The molecular formula is C14H14NO5+. The van der Waals surface area contributed by atoms with Crippen molar-refractivity contribution in [2.75, 3.05) is 0 Å². The molecule has 0 heterocycles. The van der Waals surface area contributed by atoms with Gasteiger partial charge in [0.1, 0.15) is 23.0 Å². The van der Waals surface area contributed by atoms with Crippen molar-refractivity contribution in [1.82, 2.24) is 0 Å². The van der Waals surface area contributed by atoms with E-state index in [1.165, 1.54) is 36.5 Å². The Hall–Kier alpha value is -2.89. The third-order valence-corrected chi connectivity index (χ3v) is 2.70. The molecule has 0 fully saturated rings. The van der Waals surface area contributed by atoms with Crippen LogP contribution in [0.2, 0.25) is 0 Å². The fourth-order valence-corrected chi connectivity index (χ4v) is 1.71. The summed E-state index contributed by atoms with van der Waals surface area (Å²) in [6.07, 6.45) is 1.25. The Morgan fingerprint density at radius 3 is 2.05 bits per heavy atom. The maximum atomic E-state index is 9.77. The van der Waals surface area contributed by atoms with Gasteiger partial charge in [-0.3, -0.25) is 5.21 Å². The number of nitrogens with zero attached hydrogens (tertiary/aromatic N) is 1. The predicted molar refractivity (Wildman–Crippen MR) is 70.5 cm³/mol. The fraction of sp³-hybridized carbons (Fsp3) is 0.0714. The minimum absolute atomic E-state index is 0.0353. The summed E-state index contributed by atoms with van der Waals surface area (Å²) in [6, 6.07) is 7.99. The molecule has 104 valence electrons. The number of hydroxylamine groups is 1. The van der Waals surface area contributed by atoms with Crippen molar-refractivity contribution in [3.63, 3.8) is 0 Å². The van der Waals surface area contributed by atoms with Crippen molar-refractivity contribution in [3.05, 3.63) is 47.5 Å². The molecule has 20 heavy (non-hydrogen) atoms. The number of aromatic hydroxyl groups is 4. The molecule has 0 aliphatic heterocycles. The van der Waals surface area contributed by atoms with Gasteiger partial charge in [-0.2, -0.15) is 0 Å². The van der Waals surface area contributed by atoms with E-state index in [0.717, 1.165) is 10.8 Å². The van der Waals surface area contributed by atoms with Gasteiger partial charge >= 0.3 is 0 Å². The van der Waals surface area contributed by atoms with Crippen molar-refractivity contribution < 1.29 is 30.4 Å². The topological polar surface area (TPSA) is 104 Å². The van der Waals surface area contributed by atoms with Gasteiger partial charge in [-0.25, -0.2) is 0 Å². The van der Waals surface area contributed by atoms with Crippen molar-refractivity contribution >= 4 is 6.21 Å². The third kappa shape index (κ3) is 3.11. The van der Waals surface area contributed by atoms with Crippen LogP contribution in [0.15, 0.2) is 36.4 Å². The van der Waals surface area contributed by atoms with Crippen LogP contribution in [0.5, 0.6) is 23.0 Å². The molecule has 2 aromatic rings. The highest BCUT2D eigenvalue weighted by atomic mass is 16.5. The Morgan fingerprint density at radius 1 is 0.850 bits per heavy atom. The van der Waals surface area contributed by atoms with Gasteiger partial charge < -0.3 is 20.4 Å². The van der Waals surface area contributed by atoms with Gasteiger partial charge in [-0.15, -0.1) is 0 Å². The summed E-state index contributed by atoms with van der Waals surface area (Å²) >= 11 is 0. The Kier molecular flexibility index (Phi) is 3.65. The van der Waals surface area contributed by atoms with E-state index < -0.39 is 0 Å². The van der Waals surface area contributed by atoms with Crippen LogP contribution in [-0.2, 0) is 6.54 Å². The molecular weight excluding hydrogens is 262 g/mol. The van der Waals surface area contributed by atoms with Crippen LogP contribution in [0, 0.1) is 0 Å². The van der Waals surface area contributed by atoms with E-state index in [4.69, 9.17) is 10.2 Å². The zero-order chi connectivity index (χ0) is 14.7. The van der Waals surface area contributed by atoms with Crippen LogP contribution in [0.4, 0.5) is 0 Å². The summed E-state index contributed by atoms with van der Waals surface area (Å²) in [6.45, 7) is -0.0353. The van der Waals surface area contributed by atoms with E-state index in [1.54, 1.807) is 0 Å². The minimum Gasteiger partial charge on any atom is -0.508 e. The van der Waals surface area contributed by atoms with Crippen molar-refractivity contribution in [1.29, 1.82) is 0 Å². The molecule has 0 amide bonds. The summed E-state index contributed by atoms with van der Waals surface area (Å²) in [7, 11) is 0. The first kappa shape index (κ1) is 13.5. The summed E-state index contributed by atoms with van der Waals surface area (Å²) in [5.41, 5.74) is 0.711. The number of hydrogen-bond acceptors (Lipinski definition) is 5. The van der Waals surface area contributed by atoms with Crippen LogP contribution >= 0.6 is 0 Å². The van der Waals surface area contributed by atoms with Gasteiger partial charge in [0.05, 0.1) is 11.1 Å². The van der Waals surface area contributed by atoms with Crippen LogP contribution in [0.3, 0.4) is 0 Å². The Bertz CT molecular complexity index is 667. The molecule has 2 aromatic carbocycles. The molecule has 5 N–H and O–H groups in total. The van der Waals surface area contributed by atoms with E-state index in [1.807, 2.05) is 0 Å². The van der Waals surface area contributed by atoms with Crippen LogP contribution in [0.25, 0.3) is 0 Å². The zero-order valence-corrected chi connectivity index (χ0v) is 10.4. The van der Waals surface area contributed by atoms with Gasteiger partial charge in [0, 0.05) is 12.1 Å². The maximum Gasteiger partial charge on any atom is 0.226 e. The molecule has 0 atom stereocenters. The lowest BCUT2D eigenvalue weighted by atomic mass is 10.2. The molecule has 0 aliphatic rings. The average molecular weight is 276 g/mol. The lowest BCUT2D eigenvalue weighted by molar-refractivity contribution is -0.783. The van der Waals surface area contributed by atoms with Crippen LogP contribution in [0.1, 0.15) is 11.1 Å². The Morgan fingerprint density at radius 2 is 1.45 bits per heavy atom. The summed E-state index contributed by atoms with van der Waals surface area (Å²) in [4.78, 5) is 0. The molecule has 0 saturated carbocycles. The Labute approximate surface area is 114 Å². The maximum absolute atomic E-state index is 9.77. The first-order chi connectivity index (χ1) is 9.45. The second-order valence-electron chi connectivity index (χ2n) is 4.28. The Balaban J connectivity index is 2.22. The van der Waals surface area contributed by atoms with Crippen LogP contribution in [-0.4, -0.2) is 36.6 Å². The smallest absolute Gasteiger partial charge is 0.226 e. The van der Waals surface area contributed by atoms with Gasteiger partial charge in [-0.1, -0.05) is 0 Å². The zero-order valence-electron chi connectivity index (χ0n) is 10.4. The summed E-state index contributed by atoms with van der Waals surface area (Å²) < 4.78 is 0.776. The quantitative estimate of drug-likeness (QED) is 0.253. The van der Waals surface area contributed by atoms with E-state index in [9.17, 15) is 15.4 Å². The average Bonchev–Trinajstić information content (AvgIpc) is 2.36. The van der Waals surface area contributed by atoms with Crippen molar-refractivity contribution in [3.8, 4) is 23.0 Å². The van der Waals surface area contributed by atoms with E-state index in [2.05, 4.69) is 0 Å². The molecule has 0 aliphatic carbocycles. The molecule has 0 saturated heterocycles. The van der Waals surface area contributed by atoms with Gasteiger partial charge in [-0.05, 0) is 29.0 Å². The monoisotopic (exact) mass is 276 g/mol. The summed E-state index contributed by atoms with van der Waals surface area (Å²) in [5, 5.41) is 47.3. The number of hydrogen-bond donors (Lipinski definition) is 5. The van der Waals surface area contributed by atoms with Crippen LogP contribution < -0.4 is 0 Å². The lowest BCUT2D eigenvalue weighted by Gasteiger charge is -2.01. The van der Waals surface area contributed by atoms with E-state index >= 15 is 0 Å². The molecule has 6 nitrogen and oxygen atoms in total. The molecule has 6 heteroatoms. The SMILES string of the molecule is Oc1ccc(/C=[N+](\O)Cc2ccc(O)cc2O)c(O)c1. The third-order valence-electron chi connectivity index (χ3n) is 2.70. The highest BCUT2D eigenvalue weighted by Gasteiger charge is 2.11. The summed E-state index contributed by atoms with van der Waals surface area (Å²) in [5.74, 6) is -0.484. The van der Waals surface area contributed by atoms with Gasteiger partial charge in [0.15, 0.2) is 0 Å². The number of rotatable bonds is 3. The van der Waals surface area contributed by atoms with Gasteiger partial charge in [0.2, 0.25) is 12.8 Å². The second kappa shape index (κ2) is 5.40. The minimum atomic E-state index is -0.182. The molecule has 0 aromatic heterocycles. The standard InChI is InChI=1S/C14H13NO5/c16-11-3-1-9(13(18)5-11)7-15(20)8-10-2-4-12(17)6-14(10)19/h1-7,20H,8H2,(H3,16,17,18,19)/p+1. The largest absolute Gasteiger partial charge is 0.508 e. The highest BCUT2D eigenvalue weighted by molar-refractivity contribution is 5.80. The predicted octanol–water partition coefficient (Wildman–Crippen LogP) is 1.53. The normalized spacial score (nSPS) is 11.5. The molecule has 2 rings (SSSR count). The fourth-order valence-electron chi connectivity index (χ4n) is 1.71. The first-order valence-electron chi connectivity index (χ1n) is 5.79. The molecule has 0 radical (unpaired) electrons. The molecule has 0 bridgehead atoms. The number of phenolic OH excluding ortho intramolecular Hbond substituents is 4. The van der Waals surface area contributed by atoms with Crippen molar-refractivity contribution in [2.45, 2.75) is 6.54 Å². The first-order valence-corrected chi connectivity index (χ1v) is 5.79. The molecule has 0 spiro atoms. The molecule has 0 unspecified atom stereocenters. The van der Waals surface area contributed by atoms with E-state index in [-0.39, 0.29) is 29.5 Å².